The van der Waals surface area contributed by atoms with E-state index in [1.54, 1.807) is 0 Å². The molecule has 4 heteroatoms. The molecule has 0 bridgehead atoms. The molecule has 4 rings (SSSR count). The quantitative estimate of drug-likeness (QED) is 0.880. The molecule has 0 radical (unpaired) electrons. The van der Waals surface area contributed by atoms with Gasteiger partial charge in [-0.15, -0.1) is 0 Å². The highest BCUT2D eigenvalue weighted by Crippen LogP contribution is 2.37. The predicted molar refractivity (Wildman–Crippen MR) is 107 cm³/mol. The van der Waals surface area contributed by atoms with Crippen molar-refractivity contribution in [2.75, 3.05) is 19.6 Å². The molecule has 2 fully saturated rings. The van der Waals surface area contributed by atoms with E-state index in [1.807, 2.05) is 0 Å². The molecule has 2 heterocycles. The van der Waals surface area contributed by atoms with Crippen LogP contribution in [0.25, 0.3) is 11.1 Å². The van der Waals surface area contributed by atoms with Gasteiger partial charge in [-0.1, -0.05) is 54.1 Å². The molecule has 2 aromatic rings. The first-order valence-corrected chi connectivity index (χ1v) is 9.91. The summed E-state index contributed by atoms with van der Waals surface area (Å²) in [6, 6.07) is 17.2. The molecule has 2 aromatic carbocycles. The van der Waals surface area contributed by atoms with Gasteiger partial charge in [0, 0.05) is 26.2 Å². The van der Waals surface area contributed by atoms with E-state index in [4.69, 9.17) is 0 Å². The van der Waals surface area contributed by atoms with Gasteiger partial charge in [0.05, 0.1) is 11.5 Å². The molecule has 2 N–H and O–H groups in total. The molecule has 2 saturated heterocycles. The lowest BCUT2D eigenvalue weighted by atomic mass is 9.71. The fraction of sp³-hybridized carbons (Fsp3) is 0.435. The highest BCUT2D eigenvalue weighted by molar-refractivity contribution is 5.84. The standard InChI is InChI=1S/C23H28N2O2/c1-17-4-2-5-20(14-17)19-8-6-18(7-9-19)15-25-13-10-21(26)23(16-25)11-3-12-24-22(23)27/h2,4-9,14,21,26H,3,10-13,15-16H2,1H3,(H,24,27)/t21-,23-/m1/s1. The van der Waals surface area contributed by atoms with Crippen molar-refractivity contribution >= 4 is 5.91 Å². The number of rotatable bonds is 3. The number of likely N-dealkylation sites (tertiary alicyclic amines) is 1. The second kappa shape index (κ2) is 7.45. The Morgan fingerprint density at radius 2 is 2.00 bits per heavy atom. The van der Waals surface area contributed by atoms with Gasteiger partial charge < -0.3 is 10.4 Å². The molecule has 4 nitrogen and oxygen atoms in total. The number of hydrogen-bond donors (Lipinski definition) is 2. The molecule has 2 aliphatic rings. The van der Waals surface area contributed by atoms with Crippen molar-refractivity contribution in [2.24, 2.45) is 5.41 Å². The van der Waals surface area contributed by atoms with Crippen LogP contribution in [0, 0.1) is 12.3 Å². The third-order valence-corrected chi connectivity index (χ3v) is 6.11. The Balaban J connectivity index is 1.47. The number of aryl methyl sites for hydroxylation is 1. The summed E-state index contributed by atoms with van der Waals surface area (Å²) in [5, 5.41) is 13.5. The zero-order valence-corrected chi connectivity index (χ0v) is 15.9. The van der Waals surface area contributed by atoms with Gasteiger partial charge in [0.25, 0.3) is 0 Å². The first-order valence-electron chi connectivity index (χ1n) is 9.91. The summed E-state index contributed by atoms with van der Waals surface area (Å²) in [7, 11) is 0. The molecular weight excluding hydrogens is 336 g/mol. The van der Waals surface area contributed by atoms with Gasteiger partial charge in [-0.3, -0.25) is 9.69 Å². The van der Waals surface area contributed by atoms with Gasteiger partial charge in [-0.2, -0.15) is 0 Å². The average Bonchev–Trinajstić information content (AvgIpc) is 2.68. The molecule has 1 amide bonds. The molecule has 27 heavy (non-hydrogen) atoms. The maximum atomic E-state index is 12.5. The Hall–Kier alpha value is -2.17. The lowest BCUT2D eigenvalue weighted by Crippen LogP contribution is -2.61. The number of aliphatic hydroxyl groups excluding tert-OH is 1. The normalized spacial score (nSPS) is 26.1. The highest BCUT2D eigenvalue weighted by atomic mass is 16.3. The van der Waals surface area contributed by atoms with Crippen molar-refractivity contribution in [2.45, 2.75) is 38.8 Å². The summed E-state index contributed by atoms with van der Waals surface area (Å²) in [5.74, 6) is 0.0285. The van der Waals surface area contributed by atoms with Crippen molar-refractivity contribution in [3.63, 3.8) is 0 Å². The molecule has 0 aromatic heterocycles. The summed E-state index contributed by atoms with van der Waals surface area (Å²) >= 11 is 0. The Morgan fingerprint density at radius 3 is 2.74 bits per heavy atom. The maximum Gasteiger partial charge on any atom is 0.230 e. The number of hydrogen-bond acceptors (Lipinski definition) is 3. The van der Waals surface area contributed by atoms with Crippen molar-refractivity contribution in [3.8, 4) is 11.1 Å². The predicted octanol–water partition coefficient (Wildman–Crippen LogP) is 3.13. The van der Waals surface area contributed by atoms with Crippen LogP contribution in [-0.2, 0) is 11.3 Å². The number of nitrogens with zero attached hydrogens (tertiary/aromatic N) is 1. The summed E-state index contributed by atoms with van der Waals surface area (Å²) in [6.07, 6.45) is 1.86. The van der Waals surface area contributed by atoms with Crippen molar-refractivity contribution in [1.29, 1.82) is 0 Å². The van der Waals surface area contributed by atoms with Crippen molar-refractivity contribution in [3.05, 3.63) is 59.7 Å². The van der Waals surface area contributed by atoms with E-state index in [0.717, 1.165) is 32.5 Å². The number of amides is 1. The van der Waals surface area contributed by atoms with Crippen molar-refractivity contribution in [1.82, 2.24) is 10.2 Å². The van der Waals surface area contributed by atoms with E-state index in [2.05, 4.69) is 65.7 Å². The first kappa shape index (κ1) is 18.2. The second-order valence-electron chi connectivity index (χ2n) is 8.10. The number of aliphatic hydroxyl groups is 1. The Kier molecular flexibility index (Phi) is 5.02. The Bertz CT molecular complexity index is 817. The van der Waals surface area contributed by atoms with Gasteiger partial charge in [-0.05, 0) is 42.9 Å². The smallest absolute Gasteiger partial charge is 0.230 e. The van der Waals surface area contributed by atoms with E-state index in [0.29, 0.717) is 13.0 Å². The zero-order valence-electron chi connectivity index (χ0n) is 15.9. The lowest BCUT2D eigenvalue weighted by Gasteiger charge is -2.47. The molecule has 0 unspecified atom stereocenters. The van der Waals surface area contributed by atoms with Crippen molar-refractivity contribution < 1.29 is 9.90 Å². The monoisotopic (exact) mass is 364 g/mol. The van der Waals surface area contributed by atoms with Gasteiger partial charge in [0.15, 0.2) is 0 Å². The van der Waals surface area contributed by atoms with E-state index < -0.39 is 11.5 Å². The topological polar surface area (TPSA) is 52.6 Å². The number of nitrogens with one attached hydrogen (secondary N) is 1. The van der Waals surface area contributed by atoms with Gasteiger partial charge >= 0.3 is 0 Å². The van der Waals surface area contributed by atoms with Crippen LogP contribution >= 0.6 is 0 Å². The minimum atomic E-state index is -0.627. The van der Waals surface area contributed by atoms with Crippen LogP contribution in [0.2, 0.25) is 0 Å². The minimum Gasteiger partial charge on any atom is -0.392 e. The second-order valence-corrected chi connectivity index (χ2v) is 8.10. The molecule has 2 atom stereocenters. The fourth-order valence-corrected chi connectivity index (χ4v) is 4.55. The van der Waals surface area contributed by atoms with Crippen LogP contribution in [0.1, 0.15) is 30.4 Å². The molecule has 2 aliphatic heterocycles. The number of benzene rings is 2. The van der Waals surface area contributed by atoms with Crippen LogP contribution < -0.4 is 5.32 Å². The number of carbonyl (C=O) groups excluding carboxylic acids is 1. The van der Waals surface area contributed by atoms with Gasteiger partial charge in [-0.25, -0.2) is 0 Å². The maximum absolute atomic E-state index is 12.5. The van der Waals surface area contributed by atoms with Crippen LogP contribution in [0.5, 0.6) is 0 Å². The highest BCUT2D eigenvalue weighted by Gasteiger charge is 2.49. The number of carbonyl (C=O) groups is 1. The third-order valence-electron chi connectivity index (χ3n) is 6.11. The molecular formula is C23H28N2O2. The summed E-state index contributed by atoms with van der Waals surface area (Å²) in [4.78, 5) is 14.8. The molecule has 1 spiro atoms. The number of piperidine rings is 2. The van der Waals surface area contributed by atoms with E-state index in [1.165, 1.54) is 22.3 Å². The van der Waals surface area contributed by atoms with Gasteiger partial charge in [0.2, 0.25) is 5.91 Å². The third kappa shape index (κ3) is 3.64. The molecule has 142 valence electrons. The Labute approximate surface area is 161 Å². The van der Waals surface area contributed by atoms with Crippen LogP contribution in [0.3, 0.4) is 0 Å². The van der Waals surface area contributed by atoms with Crippen LogP contribution in [-0.4, -0.2) is 41.7 Å². The fourth-order valence-electron chi connectivity index (χ4n) is 4.55. The largest absolute Gasteiger partial charge is 0.392 e. The summed E-state index contributed by atoms with van der Waals surface area (Å²) < 4.78 is 0. The average molecular weight is 364 g/mol. The van der Waals surface area contributed by atoms with E-state index in [9.17, 15) is 9.90 Å². The summed E-state index contributed by atoms with van der Waals surface area (Å²) in [6.45, 7) is 5.12. The van der Waals surface area contributed by atoms with E-state index >= 15 is 0 Å². The summed E-state index contributed by atoms with van der Waals surface area (Å²) in [5.41, 5.74) is 4.34. The zero-order chi connectivity index (χ0) is 18.9. The van der Waals surface area contributed by atoms with Gasteiger partial charge in [0.1, 0.15) is 0 Å². The lowest BCUT2D eigenvalue weighted by molar-refractivity contribution is -0.149. The SMILES string of the molecule is Cc1cccc(-c2ccc(CN3CC[C@@H](O)[C@@]4(CCCNC4=O)C3)cc2)c1. The molecule has 0 saturated carbocycles. The minimum absolute atomic E-state index is 0.0285. The van der Waals surface area contributed by atoms with Crippen LogP contribution in [0.15, 0.2) is 48.5 Å². The Morgan fingerprint density at radius 1 is 1.19 bits per heavy atom. The van der Waals surface area contributed by atoms with E-state index in [-0.39, 0.29) is 5.91 Å². The van der Waals surface area contributed by atoms with Crippen LogP contribution in [0.4, 0.5) is 0 Å². The molecule has 0 aliphatic carbocycles. The first-order chi connectivity index (χ1) is 13.1.